The van der Waals surface area contributed by atoms with Crippen molar-refractivity contribution in [1.82, 2.24) is 15.2 Å². The van der Waals surface area contributed by atoms with Gasteiger partial charge in [-0.2, -0.15) is 0 Å². The van der Waals surface area contributed by atoms with E-state index in [4.69, 9.17) is 4.74 Å². The molecule has 1 unspecified atom stereocenters. The summed E-state index contributed by atoms with van der Waals surface area (Å²) in [5, 5.41) is 5.85. The van der Waals surface area contributed by atoms with Gasteiger partial charge in [-0.3, -0.25) is 9.69 Å². The number of likely N-dealkylation sites (tertiary alicyclic amines) is 1. The van der Waals surface area contributed by atoms with Gasteiger partial charge in [0.1, 0.15) is 12.4 Å². The maximum Gasteiger partial charge on any atom is 0.407 e. The number of benzene rings is 1. The molecule has 1 saturated carbocycles. The molecule has 4 rings (SSSR count). The highest BCUT2D eigenvalue weighted by atomic mass is 16.5. The zero-order valence-electron chi connectivity index (χ0n) is 19.3. The number of pyridine rings is 1. The number of alkyl carbamates (subject to hydrolysis) is 1. The van der Waals surface area contributed by atoms with E-state index in [0.717, 1.165) is 44.2 Å². The normalized spacial score (nSPS) is 23.1. The van der Waals surface area contributed by atoms with Crippen LogP contribution in [0.3, 0.4) is 0 Å². The van der Waals surface area contributed by atoms with Crippen molar-refractivity contribution in [2.24, 2.45) is 11.8 Å². The fourth-order valence-corrected chi connectivity index (χ4v) is 4.87. The molecule has 7 heteroatoms. The maximum atomic E-state index is 12.7. The standard InChI is InChI=1S/C26H34N4O3/c1-30-15-5-8-23(30)22-13-14-24(27-17-22)29-25(31)21-11-9-19(10-12-21)16-28-26(32)33-18-20-6-3-2-4-7-20/h2-4,6-7,13-14,17,19,21,23H,5,8-12,15-16,18H2,1H3,(H,28,32)(H,27,29,31). The molecule has 1 aromatic heterocycles. The summed E-state index contributed by atoms with van der Waals surface area (Å²) in [6.45, 7) is 1.97. The van der Waals surface area contributed by atoms with E-state index < -0.39 is 6.09 Å². The van der Waals surface area contributed by atoms with Crippen molar-refractivity contribution in [3.05, 3.63) is 59.8 Å². The summed E-state index contributed by atoms with van der Waals surface area (Å²) in [5.74, 6) is 1.03. The molecule has 2 amide bonds. The molecule has 1 atom stereocenters. The number of nitrogens with one attached hydrogen (secondary N) is 2. The van der Waals surface area contributed by atoms with Gasteiger partial charge in [0.05, 0.1) is 0 Å². The average Bonchev–Trinajstić information content (AvgIpc) is 3.28. The maximum absolute atomic E-state index is 12.7. The second-order valence-electron chi connectivity index (χ2n) is 9.26. The number of carbonyl (C=O) groups excluding carboxylic acids is 2. The Kier molecular flexibility index (Phi) is 7.94. The zero-order valence-corrected chi connectivity index (χ0v) is 19.3. The van der Waals surface area contributed by atoms with E-state index in [9.17, 15) is 9.59 Å². The minimum Gasteiger partial charge on any atom is -0.445 e. The summed E-state index contributed by atoms with van der Waals surface area (Å²) in [6.07, 6.45) is 7.34. The lowest BCUT2D eigenvalue weighted by atomic mass is 9.81. The number of rotatable bonds is 7. The van der Waals surface area contributed by atoms with Crippen LogP contribution in [0.1, 0.15) is 55.7 Å². The summed E-state index contributed by atoms with van der Waals surface area (Å²) < 4.78 is 5.27. The molecular formula is C26H34N4O3. The first-order valence-corrected chi connectivity index (χ1v) is 12.0. The molecule has 176 valence electrons. The number of anilines is 1. The summed E-state index contributed by atoms with van der Waals surface area (Å²) >= 11 is 0. The molecule has 1 saturated heterocycles. The molecule has 2 heterocycles. The van der Waals surface area contributed by atoms with Crippen LogP contribution in [0.15, 0.2) is 48.7 Å². The van der Waals surface area contributed by atoms with Gasteiger partial charge in [0.2, 0.25) is 5.91 Å². The van der Waals surface area contributed by atoms with Crippen LogP contribution in [-0.4, -0.2) is 42.0 Å². The Labute approximate surface area is 195 Å². The Morgan fingerprint density at radius 2 is 1.85 bits per heavy atom. The lowest BCUT2D eigenvalue weighted by Gasteiger charge is -2.27. The monoisotopic (exact) mass is 450 g/mol. The number of aromatic nitrogens is 1. The minimum absolute atomic E-state index is 0.00581. The van der Waals surface area contributed by atoms with E-state index in [1.54, 1.807) is 0 Å². The van der Waals surface area contributed by atoms with Gasteiger partial charge in [-0.15, -0.1) is 0 Å². The average molecular weight is 451 g/mol. The summed E-state index contributed by atoms with van der Waals surface area (Å²) in [4.78, 5) is 31.5. The number of amides is 2. The predicted octanol–water partition coefficient (Wildman–Crippen LogP) is 4.52. The lowest BCUT2D eigenvalue weighted by molar-refractivity contribution is -0.121. The first-order chi connectivity index (χ1) is 16.1. The molecule has 2 aliphatic rings. The number of nitrogens with zero attached hydrogens (tertiary/aromatic N) is 2. The van der Waals surface area contributed by atoms with Gasteiger partial charge < -0.3 is 15.4 Å². The van der Waals surface area contributed by atoms with Crippen molar-refractivity contribution in [2.75, 3.05) is 25.5 Å². The Hall–Kier alpha value is -2.93. The van der Waals surface area contributed by atoms with Gasteiger partial charge >= 0.3 is 6.09 Å². The van der Waals surface area contributed by atoms with E-state index in [1.807, 2.05) is 42.6 Å². The van der Waals surface area contributed by atoms with Gasteiger partial charge in [0.15, 0.2) is 0 Å². The van der Waals surface area contributed by atoms with Crippen LogP contribution in [0.2, 0.25) is 0 Å². The zero-order chi connectivity index (χ0) is 23.0. The van der Waals surface area contributed by atoms with Gasteiger partial charge in [-0.1, -0.05) is 36.4 Å². The van der Waals surface area contributed by atoms with E-state index in [2.05, 4.69) is 33.6 Å². The first-order valence-electron chi connectivity index (χ1n) is 12.0. The number of carbonyl (C=O) groups is 2. The predicted molar refractivity (Wildman–Crippen MR) is 128 cm³/mol. The van der Waals surface area contributed by atoms with Gasteiger partial charge in [0.25, 0.3) is 0 Å². The van der Waals surface area contributed by atoms with E-state index in [0.29, 0.717) is 24.3 Å². The largest absolute Gasteiger partial charge is 0.445 e. The molecule has 0 radical (unpaired) electrons. The molecular weight excluding hydrogens is 416 g/mol. The number of hydrogen-bond acceptors (Lipinski definition) is 5. The van der Waals surface area contributed by atoms with Crippen molar-refractivity contribution in [3.8, 4) is 0 Å². The minimum atomic E-state index is -0.392. The SMILES string of the molecule is CN1CCCC1c1ccc(NC(=O)C2CCC(CNC(=O)OCc3ccccc3)CC2)nc1. The van der Waals surface area contributed by atoms with E-state index in [1.165, 1.54) is 12.0 Å². The highest BCUT2D eigenvalue weighted by Gasteiger charge is 2.27. The van der Waals surface area contributed by atoms with Crippen LogP contribution in [0.5, 0.6) is 0 Å². The Bertz CT molecular complexity index is 911. The molecule has 33 heavy (non-hydrogen) atoms. The number of ether oxygens (including phenoxy) is 1. The van der Waals surface area contributed by atoms with Crippen molar-refractivity contribution in [2.45, 2.75) is 51.2 Å². The fraction of sp³-hybridized carbons (Fsp3) is 0.500. The third-order valence-electron chi connectivity index (χ3n) is 6.91. The molecule has 2 N–H and O–H groups in total. The summed E-state index contributed by atoms with van der Waals surface area (Å²) in [5.41, 5.74) is 2.18. The van der Waals surface area contributed by atoms with E-state index >= 15 is 0 Å². The van der Waals surface area contributed by atoms with Gasteiger partial charge in [-0.25, -0.2) is 9.78 Å². The van der Waals surface area contributed by atoms with Crippen LogP contribution < -0.4 is 10.6 Å². The Morgan fingerprint density at radius 1 is 1.06 bits per heavy atom. The van der Waals surface area contributed by atoms with Crippen molar-refractivity contribution in [1.29, 1.82) is 0 Å². The van der Waals surface area contributed by atoms with Crippen LogP contribution >= 0.6 is 0 Å². The molecule has 1 aromatic carbocycles. The van der Waals surface area contributed by atoms with Crippen LogP contribution in [0, 0.1) is 11.8 Å². The van der Waals surface area contributed by atoms with Gasteiger partial charge in [0, 0.05) is 24.7 Å². The lowest BCUT2D eigenvalue weighted by Crippen LogP contribution is -2.34. The molecule has 2 fully saturated rings. The topological polar surface area (TPSA) is 83.6 Å². The van der Waals surface area contributed by atoms with Crippen molar-refractivity contribution >= 4 is 17.8 Å². The van der Waals surface area contributed by atoms with Gasteiger partial charge in [-0.05, 0) is 75.2 Å². The van der Waals surface area contributed by atoms with E-state index in [-0.39, 0.29) is 18.4 Å². The summed E-state index contributed by atoms with van der Waals surface area (Å²) in [6, 6.07) is 14.1. The molecule has 0 spiro atoms. The first kappa shape index (κ1) is 23.2. The summed E-state index contributed by atoms with van der Waals surface area (Å²) in [7, 11) is 2.15. The molecule has 7 nitrogen and oxygen atoms in total. The van der Waals surface area contributed by atoms with Crippen LogP contribution in [0.4, 0.5) is 10.6 Å². The van der Waals surface area contributed by atoms with Crippen molar-refractivity contribution in [3.63, 3.8) is 0 Å². The fourth-order valence-electron chi connectivity index (χ4n) is 4.87. The second kappa shape index (κ2) is 11.3. The van der Waals surface area contributed by atoms with Crippen LogP contribution in [-0.2, 0) is 16.1 Å². The number of hydrogen-bond donors (Lipinski definition) is 2. The third-order valence-corrected chi connectivity index (χ3v) is 6.91. The molecule has 2 aromatic rings. The smallest absolute Gasteiger partial charge is 0.407 e. The highest BCUT2D eigenvalue weighted by Crippen LogP contribution is 2.31. The van der Waals surface area contributed by atoms with Crippen LogP contribution in [0.25, 0.3) is 0 Å². The molecule has 1 aliphatic heterocycles. The molecule has 1 aliphatic carbocycles. The molecule has 0 bridgehead atoms. The quantitative estimate of drug-likeness (QED) is 0.648. The second-order valence-corrected chi connectivity index (χ2v) is 9.26. The highest BCUT2D eigenvalue weighted by molar-refractivity contribution is 5.91. The Balaban J connectivity index is 1.15. The Morgan fingerprint density at radius 3 is 2.52 bits per heavy atom. The van der Waals surface area contributed by atoms with Crippen molar-refractivity contribution < 1.29 is 14.3 Å². The third kappa shape index (κ3) is 6.54.